The Labute approximate surface area is 172 Å². The van der Waals surface area contributed by atoms with Crippen LogP contribution >= 0.6 is 11.6 Å². The number of benzene rings is 2. The first-order chi connectivity index (χ1) is 13.6. The fourth-order valence-corrected chi connectivity index (χ4v) is 5.00. The zero-order chi connectivity index (χ0) is 19.7. The fraction of sp³-hybridized carbons (Fsp3) is 0.500. The number of halogens is 1. The summed E-state index contributed by atoms with van der Waals surface area (Å²) in [6.07, 6.45) is 5.12. The van der Waals surface area contributed by atoms with Crippen molar-refractivity contribution in [3.8, 4) is 0 Å². The number of ether oxygens (including phenoxy) is 1. The van der Waals surface area contributed by atoms with Crippen molar-refractivity contribution in [2.45, 2.75) is 70.2 Å². The van der Waals surface area contributed by atoms with E-state index in [-0.39, 0.29) is 18.8 Å². The largest absolute Gasteiger partial charge is 0.394 e. The van der Waals surface area contributed by atoms with Crippen LogP contribution in [0, 0.1) is 0 Å². The highest BCUT2D eigenvalue weighted by Crippen LogP contribution is 2.41. The Morgan fingerprint density at radius 3 is 2.50 bits per heavy atom. The van der Waals surface area contributed by atoms with Crippen molar-refractivity contribution in [3.63, 3.8) is 0 Å². The minimum Gasteiger partial charge on any atom is -0.394 e. The number of hydrogen-bond donors (Lipinski definition) is 2. The Balaban J connectivity index is 1.69. The molecule has 4 rings (SSSR count). The average Bonchev–Trinajstić information content (AvgIpc) is 3.20. The number of fused-ring (bicyclic) bond motifs is 1. The Hall–Kier alpha value is -1.39. The number of rotatable bonds is 5. The summed E-state index contributed by atoms with van der Waals surface area (Å²) in [5, 5.41) is 20.7. The normalized spacial score (nSPS) is 24.4. The van der Waals surface area contributed by atoms with Gasteiger partial charge in [-0.3, -0.25) is 0 Å². The molecule has 1 aliphatic carbocycles. The second kappa shape index (κ2) is 8.54. The minimum absolute atomic E-state index is 0.0556. The fourth-order valence-electron chi connectivity index (χ4n) is 4.67. The van der Waals surface area contributed by atoms with Crippen molar-refractivity contribution in [2.75, 3.05) is 6.61 Å². The number of hydrogen-bond acceptors (Lipinski definition) is 3. The van der Waals surface area contributed by atoms with Gasteiger partial charge in [-0.25, -0.2) is 0 Å². The van der Waals surface area contributed by atoms with Crippen LogP contribution in [0.5, 0.6) is 0 Å². The summed E-state index contributed by atoms with van der Waals surface area (Å²) >= 11 is 6.83. The monoisotopic (exact) mass is 400 g/mol. The van der Waals surface area contributed by atoms with Crippen LogP contribution in [0.25, 0.3) is 0 Å². The van der Waals surface area contributed by atoms with Crippen molar-refractivity contribution in [1.82, 2.24) is 0 Å². The van der Waals surface area contributed by atoms with Gasteiger partial charge in [-0.15, -0.1) is 0 Å². The van der Waals surface area contributed by atoms with Crippen molar-refractivity contribution >= 4 is 11.6 Å². The van der Waals surface area contributed by atoms with E-state index in [0.717, 1.165) is 48.3 Å². The molecule has 2 aliphatic rings. The van der Waals surface area contributed by atoms with Gasteiger partial charge in [0.2, 0.25) is 0 Å². The highest BCUT2D eigenvalue weighted by Gasteiger charge is 2.32. The maximum Gasteiger partial charge on any atom is 0.0857 e. The third-order valence-electron chi connectivity index (χ3n) is 6.20. The standard InChI is InChI=1S/C24H29ClO3/c1-2-15-6-8-16(9-7-15)10-17-11-22(20-4-3-5-21(20)24(17)25)23-13-18(27)12-19(14-26)28-23/h6-9,11,18-19,23,26-27H,2-5,10,12-14H2,1H3. The van der Waals surface area contributed by atoms with Gasteiger partial charge in [-0.1, -0.05) is 48.9 Å². The molecule has 3 nitrogen and oxygen atoms in total. The first kappa shape index (κ1) is 19.9. The maximum absolute atomic E-state index is 10.3. The van der Waals surface area contributed by atoms with Crippen LogP contribution in [-0.2, 0) is 30.4 Å². The SMILES string of the molecule is CCc1ccc(Cc2cc(C3CC(O)CC(CO)O3)c3c(c2Cl)CCC3)cc1. The highest BCUT2D eigenvalue weighted by atomic mass is 35.5. The molecule has 0 spiro atoms. The van der Waals surface area contributed by atoms with E-state index in [1.54, 1.807) is 0 Å². The molecule has 0 bridgehead atoms. The predicted molar refractivity (Wildman–Crippen MR) is 112 cm³/mol. The van der Waals surface area contributed by atoms with E-state index in [4.69, 9.17) is 16.3 Å². The molecule has 1 saturated heterocycles. The van der Waals surface area contributed by atoms with Crippen LogP contribution in [0.15, 0.2) is 30.3 Å². The van der Waals surface area contributed by atoms with Crippen molar-refractivity contribution in [1.29, 1.82) is 0 Å². The first-order valence-electron chi connectivity index (χ1n) is 10.4. The Morgan fingerprint density at radius 1 is 1.07 bits per heavy atom. The molecule has 1 fully saturated rings. The average molecular weight is 401 g/mol. The van der Waals surface area contributed by atoms with Crippen LogP contribution in [-0.4, -0.2) is 29.0 Å². The Bertz CT molecular complexity index is 831. The summed E-state index contributed by atoms with van der Waals surface area (Å²) in [7, 11) is 0. The number of aliphatic hydroxyl groups excluding tert-OH is 2. The van der Waals surface area contributed by atoms with E-state index < -0.39 is 6.10 Å². The summed E-state index contributed by atoms with van der Waals surface area (Å²) in [4.78, 5) is 0. The van der Waals surface area contributed by atoms with Crippen LogP contribution in [0.3, 0.4) is 0 Å². The van der Waals surface area contributed by atoms with Gasteiger partial charge in [0.15, 0.2) is 0 Å². The zero-order valence-corrected chi connectivity index (χ0v) is 17.2. The predicted octanol–water partition coefficient (Wildman–Crippen LogP) is 4.56. The second-order valence-electron chi connectivity index (χ2n) is 8.15. The van der Waals surface area contributed by atoms with Crippen LogP contribution < -0.4 is 0 Å². The van der Waals surface area contributed by atoms with Gasteiger partial charge in [-0.2, -0.15) is 0 Å². The van der Waals surface area contributed by atoms with Crippen molar-refractivity contribution in [2.24, 2.45) is 0 Å². The summed E-state index contributed by atoms with van der Waals surface area (Å²) in [6, 6.07) is 10.9. The summed E-state index contributed by atoms with van der Waals surface area (Å²) in [5.41, 5.74) is 7.43. The number of aliphatic hydroxyl groups is 2. The molecule has 3 atom stereocenters. The zero-order valence-electron chi connectivity index (χ0n) is 16.5. The molecule has 0 radical (unpaired) electrons. The molecule has 1 heterocycles. The van der Waals surface area contributed by atoms with Gasteiger partial charge in [-0.05, 0) is 65.5 Å². The van der Waals surface area contributed by atoms with Crippen molar-refractivity contribution < 1.29 is 14.9 Å². The van der Waals surface area contributed by atoms with E-state index in [0.29, 0.717) is 12.8 Å². The lowest BCUT2D eigenvalue weighted by Gasteiger charge is -2.34. The van der Waals surface area contributed by atoms with E-state index in [1.807, 2.05) is 0 Å². The second-order valence-corrected chi connectivity index (χ2v) is 8.53. The summed E-state index contributed by atoms with van der Waals surface area (Å²) < 4.78 is 6.14. The quantitative estimate of drug-likeness (QED) is 0.773. The van der Waals surface area contributed by atoms with E-state index in [1.165, 1.54) is 22.3 Å². The van der Waals surface area contributed by atoms with Crippen LogP contribution in [0.4, 0.5) is 0 Å². The molecular weight excluding hydrogens is 372 g/mol. The highest BCUT2D eigenvalue weighted by molar-refractivity contribution is 6.32. The smallest absolute Gasteiger partial charge is 0.0857 e. The molecule has 2 aromatic rings. The van der Waals surface area contributed by atoms with Gasteiger partial charge in [0, 0.05) is 17.9 Å². The lowest BCUT2D eigenvalue weighted by Crippen LogP contribution is -2.34. The van der Waals surface area contributed by atoms with Crippen LogP contribution in [0.1, 0.15) is 65.7 Å². The Kier molecular flexibility index (Phi) is 6.07. The molecule has 4 heteroatoms. The molecule has 0 saturated carbocycles. The number of aryl methyl sites for hydroxylation is 1. The van der Waals surface area contributed by atoms with Crippen LogP contribution in [0.2, 0.25) is 5.02 Å². The molecule has 3 unspecified atom stereocenters. The molecule has 2 aromatic carbocycles. The first-order valence-corrected chi connectivity index (χ1v) is 10.8. The van der Waals surface area contributed by atoms with Gasteiger partial charge < -0.3 is 14.9 Å². The van der Waals surface area contributed by atoms with Gasteiger partial charge in [0.05, 0.1) is 24.9 Å². The molecule has 28 heavy (non-hydrogen) atoms. The molecule has 1 aliphatic heterocycles. The van der Waals surface area contributed by atoms with E-state index in [9.17, 15) is 10.2 Å². The third kappa shape index (κ3) is 3.99. The topological polar surface area (TPSA) is 49.7 Å². The summed E-state index contributed by atoms with van der Waals surface area (Å²) in [5.74, 6) is 0. The summed E-state index contributed by atoms with van der Waals surface area (Å²) in [6.45, 7) is 2.11. The minimum atomic E-state index is -0.436. The van der Waals surface area contributed by atoms with E-state index in [2.05, 4.69) is 37.3 Å². The maximum atomic E-state index is 10.3. The molecule has 2 N–H and O–H groups in total. The third-order valence-corrected chi connectivity index (χ3v) is 6.67. The molecule has 150 valence electrons. The Morgan fingerprint density at radius 2 is 1.79 bits per heavy atom. The van der Waals surface area contributed by atoms with Crippen molar-refractivity contribution in [3.05, 3.63) is 68.7 Å². The molecular formula is C24H29ClO3. The lowest BCUT2D eigenvalue weighted by atomic mass is 9.89. The molecule has 0 aromatic heterocycles. The molecule has 0 amide bonds. The van der Waals surface area contributed by atoms with Gasteiger partial charge in [0.1, 0.15) is 0 Å². The van der Waals surface area contributed by atoms with Gasteiger partial charge in [0.25, 0.3) is 0 Å². The van der Waals surface area contributed by atoms with Gasteiger partial charge >= 0.3 is 0 Å². The lowest BCUT2D eigenvalue weighted by molar-refractivity contribution is -0.114. The van der Waals surface area contributed by atoms with E-state index >= 15 is 0 Å².